The molecule has 0 aromatic carbocycles. The molecule has 33 heavy (non-hydrogen) atoms. The number of hydrogen-bond donors (Lipinski definition) is 3. The molecule has 0 saturated heterocycles. The van der Waals surface area contributed by atoms with Crippen LogP contribution >= 0.6 is 0 Å². The molecule has 0 spiro atoms. The first-order valence-corrected chi connectivity index (χ1v) is 13.1. The van der Waals surface area contributed by atoms with Crippen molar-refractivity contribution < 1.29 is 14.7 Å². The van der Waals surface area contributed by atoms with Crippen molar-refractivity contribution in [1.29, 1.82) is 0 Å². The first kappa shape index (κ1) is 31.3. The van der Waals surface area contributed by atoms with Gasteiger partial charge in [-0.3, -0.25) is 14.5 Å². The second kappa shape index (κ2) is 20.9. The quantitative estimate of drug-likeness (QED) is 0.179. The highest BCUT2D eigenvalue weighted by Crippen LogP contribution is 2.05. The highest BCUT2D eigenvalue weighted by Gasteiger charge is 2.17. The van der Waals surface area contributed by atoms with Crippen LogP contribution in [0.25, 0.3) is 0 Å². The predicted octanol–water partition coefficient (Wildman–Crippen LogP) is 4.73. The van der Waals surface area contributed by atoms with Gasteiger partial charge in [0.2, 0.25) is 11.8 Å². The molecule has 3 atom stereocenters. The Balaban J connectivity index is 4.32. The van der Waals surface area contributed by atoms with E-state index in [-0.39, 0.29) is 23.9 Å². The third kappa shape index (κ3) is 20.7. The lowest BCUT2D eigenvalue weighted by Gasteiger charge is -2.30. The lowest BCUT2D eigenvalue weighted by Crippen LogP contribution is -2.49. The van der Waals surface area contributed by atoms with E-state index in [4.69, 9.17) is 0 Å². The molecule has 0 aliphatic carbocycles. The lowest BCUT2D eigenvalue weighted by atomic mass is 10.1. The first-order chi connectivity index (χ1) is 15.8. The maximum atomic E-state index is 12.2. The summed E-state index contributed by atoms with van der Waals surface area (Å²) in [6.45, 7) is 11.8. The van der Waals surface area contributed by atoms with Gasteiger partial charge in [-0.1, -0.05) is 38.2 Å². The van der Waals surface area contributed by atoms with Gasteiger partial charge in [0.25, 0.3) is 0 Å². The van der Waals surface area contributed by atoms with E-state index < -0.39 is 6.10 Å². The summed E-state index contributed by atoms with van der Waals surface area (Å²) in [5.41, 5.74) is 0. The highest BCUT2D eigenvalue weighted by atomic mass is 16.3. The van der Waals surface area contributed by atoms with Crippen molar-refractivity contribution in [2.75, 3.05) is 19.6 Å². The summed E-state index contributed by atoms with van der Waals surface area (Å²) < 4.78 is 0. The molecule has 6 nitrogen and oxygen atoms in total. The molecule has 0 rings (SSSR count). The summed E-state index contributed by atoms with van der Waals surface area (Å²) in [6, 6.07) is -0.0365. The topological polar surface area (TPSA) is 81.7 Å². The third-order valence-corrected chi connectivity index (χ3v) is 5.26. The Kier molecular flexibility index (Phi) is 19.9. The fourth-order valence-electron chi connectivity index (χ4n) is 3.82. The van der Waals surface area contributed by atoms with Crippen LogP contribution in [-0.4, -0.2) is 59.6 Å². The molecule has 2 amide bonds. The monoisotopic (exact) mass is 465 g/mol. The van der Waals surface area contributed by atoms with Crippen LogP contribution in [0, 0.1) is 0 Å². The van der Waals surface area contributed by atoms with Gasteiger partial charge in [0.1, 0.15) is 0 Å². The second-order valence-electron chi connectivity index (χ2n) is 9.26. The number of carbonyl (C=O) groups is 2. The van der Waals surface area contributed by atoms with E-state index in [1.165, 1.54) is 0 Å². The summed E-state index contributed by atoms with van der Waals surface area (Å²) in [5, 5.41) is 16.0. The van der Waals surface area contributed by atoms with Crippen LogP contribution in [0.3, 0.4) is 0 Å². The molecular weight excluding hydrogens is 414 g/mol. The molecule has 0 saturated carbocycles. The largest absolute Gasteiger partial charge is 0.392 e. The van der Waals surface area contributed by atoms with E-state index in [0.29, 0.717) is 32.5 Å². The number of aliphatic hydroxyl groups is 1. The number of unbranched alkanes of at least 4 members (excludes halogenated alkanes) is 4. The van der Waals surface area contributed by atoms with Crippen LogP contribution < -0.4 is 10.6 Å². The van der Waals surface area contributed by atoms with E-state index in [0.717, 1.165) is 51.4 Å². The maximum Gasteiger partial charge on any atom is 0.220 e. The minimum atomic E-state index is -0.469. The molecule has 0 aliphatic rings. The van der Waals surface area contributed by atoms with E-state index in [9.17, 15) is 14.7 Å². The number of carbonyl (C=O) groups excluding carboxylic acids is 2. The Morgan fingerprint density at radius 3 is 1.52 bits per heavy atom. The summed E-state index contributed by atoms with van der Waals surface area (Å²) in [4.78, 5) is 26.6. The van der Waals surface area contributed by atoms with Crippen molar-refractivity contribution in [2.45, 2.75) is 117 Å². The number of amides is 2. The van der Waals surface area contributed by atoms with Gasteiger partial charge in [-0.05, 0) is 72.1 Å². The second-order valence-corrected chi connectivity index (χ2v) is 9.26. The average molecular weight is 466 g/mol. The minimum Gasteiger partial charge on any atom is -0.392 e. The van der Waals surface area contributed by atoms with Gasteiger partial charge in [0.05, 0.1) is 6.10 Å². The van der Waals surface area contributed by atoms with E-state index in [1.807, 2.05) is 13.8 Å². The van der Waals surface area contributed by atoms with Gasteiger partial charge in [-0.15, -0.1) is 0 Å². The summed E-state index contributed by atoms with van der Waals surface area (Å²) in [6.07, 6.45) is 17.3. The third-order valence-electron chi connectivity index (χ3n) is 5.26. The van der Waals surface area contributed by atoms with Crippen LogP contribution in [-0.2, 0) is 9.59 Å². The summed E-state index contributed by atoms with van der Waals surface area (Å²) in [7, 11) is 0. The Morgan fingerprint density at radius 1 is 0.727 bits per heavy atom. The van der Waals surface area contributed by atoms with Crippen molar-refractivity contribution in [3.8, 4) is 0 Å². The van der Waals surface area contributed by atoms with Crippen molar-refractivity contribution in [3.05, 3.63) is 24.3 Å². The van der Waals surface area contributed by atoms with Crippen molar-refractivity contribution in [2.24, 2.45) is 0 Å². The number of aliphatic hydroxyl groups excluding tert-OH is 1. The zero-order valence-corrected chi connectivity index (χ0v) is 21.9. The molecule has 0 aromatic rings. The standard InChI is InChI=1S/C27H51N3O3/c1-6-8-10-12-14-16-18-26(32)28-23(3)20-30(22-25(5)31)21-24(4)29-27(33)19-17-15-13-11-9-7-2/h8-11,23-25,31H,6-7,12-22H2,1-5H3,(H,28,32)(H,29,33)/b10-8+,11-9+. The summed E-state index contributed by atoms with van der Waals surface area (Å²) in [5.74, 6) is 0.156. The normalized spacial score (nSPS) is 14.6. The number of hydrogen-bond acceptors (Lipinski definition) is 4. The SMILES string of the molecule is CC/C=C/CCCCC(=O)NC(C)CN(CC(C)O)CC(C)NC(=O)CCCC/C=C/CC. The molecule has 0 fully saturated rings. The van der Waals surface area contributed by atoms with Crippen LogP contribution in [0.1, 0.15) is 98.8 Å². The van der Waals surface area contributed by atoms with Crippen LogP contribution in [0.5, 0.6) is 0 Å². The number of rotatable bonds is 20. The number of nitrogens with zero attached hydrogens (tertiary/aromatic N) is 1. The first-order valence-electron chi connectivity index (χ1n) is 13.1. The molecule has 3 unspecified atom stereocenters. The minimum absolute atomic E-state index is 0.0182. The highest BCUT2D eigenvalue weighted by molar-refractivity contribution is 5.76. The van der Waals surface area contributed by atoms with Crippen LogP contribution in [0.2, 0.25) is 0 Å². The summed E-state index contributed by atoms with van der Waals surface area (Å²) >= 11 is 0. The van der Waals surface area contributed by atoms with Gasteiger partial charge in [0, 0.05) is 44.6 Å². The van der Waals surface area contributed by atoms with E-state index in [1.54, 1.807) is 6.92 Å². The Morgan fingerprint density at radius 2 is 1.15 bits per heavy atom. The fraction of sp³-hybridized carbons (Fsp3) is 0.778. The predicted molar refractivity (Wildman–Crippen MR) is 139 cm³/mol. The Bertz CT molecular complexity index is 517. The number of nitrogens with one attached hydrogen (secondary N) is 2. The van der Waals surface area contributed by atoms with Gasteiger partial charge in [-0.25, -0.2) is 0 Å². The Labute approximate surface area is 203 Å². The smallest absolute Gasteiger partial charge is 0.220 e. The zero-order valence-electron chi connectivity index (χ0n) is 21.9. The van der Waals surface area contributed by atoms with Crippen molar-refractivity contribution in [1.82, 2.24) is 15.5 Å². The zero-order chi connectivity index (χ0) is 24.9. The molecule has 6 heteroatoms. The van der Waals surface area contributed by atoms with Gasteiger partial charge < -0.3 is 15.7 Å². The fourth-order valence-corrected chi connectivity index (χ4v) is 3.82. The molecule has 3 N–H and O–H groups in total. The molecule has 0 aliphatic heterocycles. The average Bonchev–Trinajstić information content (AvgIpc) is 2.72. The molecule has 0 radical (unpaired) electrons. The molecule has 192 valence electrons. The van der Waals surface area contributed by atoms with E-state index >= 15 is 0 Å². The Hall–Kier alpha value is -1.66. The van der Waals surface area contributed by atoms with Gasteiger partial charge >= 0.3 is 0 Å². The van der Waals surface area contributed by atoms with E-state index in [2.05, 4.69) is 53.7 Å². The van der Waals surface area contributed by atoms with Crippen LogP contribution in [0.15, 0.2) is 24.3 Å². The van der Waals surface area contributed by atoms with Gasteiger partial charge in [0.15, 0.2) is 0 Å². The molecule has 0 aromatic heterocycles. The number of allylic oxidation sites excluding steroid dienone is 4. The maximum absolute atomic E-state index is 12.2. The van der Waals surface area contributed by atoms with Gasteiger partial charge in [-0.2, -0.15) is 0 Å². The van der Waals surface area contributed by atoms with Crippen LogP contribution in [0.4, 0.5) is 0 Å². The lowest BCUT2D eigenvalue weighted by molar-refractivity contribution is -0.122. The molecule has 0 bridgehead atoms. The van der Waals surface area contributed by atoms with Crippen molar-refractivity contribution >= 4 is 11.8 Å². The molecular formula is C27H51N3O3. The molecule has 0 heterocycles. The van der Waals surface area contributed by atoms with Crippen molar-refractivity contribution in [3.63, 3.8) is 0 Å².